The third-order valence-corrected chi connectivity index (χ3v) is 4.22. The lowest BCUT2D eigenvalue weighted by Gasteiger charge is -2.10. The van der Waals surface area contributed by atoms with Gasteiger partial charge in [0, 0.05) is 35.2 Å². The molecule has 0 atom stereocenters. The van der Waals surface area contributed by atoms with E-state index in [0.717, 1.165) is 16.9 Å². The number of carbonyl (C=O) groups is 1. The van der Waals surface area contributed by atoms with Crippen molar-refractivity contribution in [2.75, 3.05) is 17.7 Å². The minimum Gasteiger partial charge on any atom is -0.496 e. The summed E-state index contributed by atoms with van der Waals surface area (Å²) in [7, 11) is 1.63. The number of nitrogens with one attached hydrogen (secondary N) is 2. The number of nitrogens with zero attached hydrogens (tertiary/aromatic N) is 2. The number of carbonyl (C=O) groups excluding carboxylic acids is 1. The molecule has 0 fully saturated rings. The lowest BCUT2D eigenvalue weighted by Crippen LogP contribution is -2.14. The third kappa shape index (κ3) is 4.74. The highest BCUT2D eigenvalue weighted by atomic mass is 35.5. The Bertz CT molecular complexity index is 945. The lowest BCUT2D eigenvalue weighted by molar-refractivity contribution is 0.102. The third-order valence-electron chi connectivity index (χ3n) is 3.98. The first-order valence-corrected chi connectivity index (χ1v) is 8.70. The van der Waals surface area contributed by atoms with Gasteiger partial charge in [-0.2, -0.15) is 0 Å². The van der Waals surface area contributed by atoms with Crippen LogP contribution in [0.3, 0.4) is 0 Å². The van der Waals surface area contributed by atoms with Gasteiger partial charge < -0.3 is 15.4 Å². The molecule has 6 nitrogen and oxygen atoms in total. The molecule has 1 aromatic heterocycles. The number of methoxy groups -OCH3 is 1. The van der Waals surface area contributed by atoms with Gasteiger partial charge in [0.25, 0.3) is 5.91 Å². The van der Waals surface area contributed by atoms with E-state index in [1.54, 1.807) is 25.3 Å². The number of amides is 1. The molecule has 1 heterocycles. The summed E-state index contributed by atoms with van der Waals surface area (Å²) in [5, 5.41) is 6.57. The number of ether oxygens (including phenoxy) is 1. The molecule has 0 aliphatic carbocycles. The maximum atomic E-state index is 12.4. The van der Waals surface area contributed by atoms with Crippen molar-refractivity contribution in [3.8, 4) is 5.75 Å². The minimum atomic E-state index is -0.281. The van der Waals surface area contributed by atoms with Crippen LogP contribution in [0.1, 0.15) is 21.5 Å². The van der Waals surface area contributed by atoms with Crippen LogP contribution in [0, 0.1) is 6.92 Å². The predicted octanol–water partition coefficient (Wildman–Crippen LogP) is 4.31. The van der Waals surface area contributed by atoms with Crippen molar-refractivity contribution < 1.29 is 9.53 Å². The Labute approximate surface area is 162 Å². The molecule has 0 saturated heterocycles. The number of benzene rings is 2. The average Bonchev–Trinajstić information content (AvgIpc) is 2.69. The fraction of sp³-hybridized carbons (Fsp3) is 0.150. The lowest BCUT2D eigenvalue weighted by atomic mass is 10.2. The summed E-state index contributed by atoms with van der Waals surface area (Å²) >= 11 is 5.93. The Morgan fingerprint density at radius 2 is 1.89 bits per heavy atom. The number of hydrogen-bond acceptors (Lipinski definition) is 5. The molecule has 0 radical (unpaired) electrons. The Morgan fingerprint density at radius 1 is 1.15 bits per heavy atom. The number of para-hydroxylation sites is 1. The highest BCUT2D eigenvalue weighted by Gasteiger charge is 2.10. The van der Waals surface area contributed by atoms with Crippen LogP contribution in [0.15, 0.2) is 54.9 Å². The Balaban J connectivity index is 1.63. The van der Waals surface area contributed by atoms with Gasteiger partial charge in [-0.15, -0.1) is 0 Å². The van der Waals surface area contributed by atoms with Crippen LogP contribution in [0.4, 0.5) is 11.6 Å². The Hall–Kier alpha value is -3.12. The van der Waals surface area contributed by atoms with Crippen molar-refractivity contribution in [3.05, 3.63) is 76.6 Å². The van der Waals surface area contributed by atoms with E-state index in [9.17, 15) is 4.79 Å². The maximum Gasteiger partial charge on any atom is 0.258 e. The highest BCUT2D eigenvalue weighted by Crippen LogP contribution is 2.20. The summed E-state index contributed by atoms with van der Waals surface area (Å²) < 4.78 is 5.32. The number of rotatable bonds is 6. The standard InChI is InChI=1S/C20H19ClN4O2/c1-13-9-16(21)7-8-17(13)25-19(26)15-11-23-20(24-12-15)22-10-14-5-3-4-6-18(14)27-2/h3-9,11-12H,10H2,1-2H3,(H,25,26)(H,22,23,24). The first kappa shape index (κ1) is 18.7. The molecule has 138 valence electrons. The molecule has 27 heavy (non-hydrogen) atoms. The van der Waals surface area contributed by atoms with Crippen molar-refractivity contribution in [2.45, 2.75) is 13.5 Å². The molecular formula is C20H19ClN4O2. The van der Waals surface area contributed by atoms with E-state index in [1.807, 2.05) is 31.2 Å². The SMILES string of the molecule is COc1ccccc1CNc1ncc(C(=O)Nc2ccc(Cl)cc2C)cn1. The predicted molar refractivity (Wildman–Crippen MR) is 106 cm³/mol. The van der Waals surface area contributed by atoms with E-state index in [-0.39, 0.29) is 5.91 Å². The zero-order chi connectivity index (χ0) is 19.2. The topological polar surface area (TPSA) is 76.1 Å². The summed E-state index contributed by atoms with van der Waals surface area (Å²) in [6, 6.07) is 13.0. The van der Waals surface area contributed by atoms with E-state index >= 15 is 0 Å². The van der Waals surface area contributed by atoms with Gasteiger partial charge >= 0.3 is 0 Å². The summed E-state index contributed by atoms with van der Waals surface area (Å²) in [6.45, 7) is 2.39. The molecule has 7 heteroatoms. The van der Waals surface area contributed by atoms with Crippen LogP contribution in [0.2, 0.25) is 5.02 Å². The van der Waals surface area contributed by atoms with Crippen LogP contribution < -0.4 is 15.4 Å². The van der Waals surface area contributed by atoms with Crippen molar-refractivity contribution in [3.63, 3.8) is 0 Å². The molecule has 0 unspecified atom stereocenters. The molecule has 0 saturated carbocycles. The number of hydrogen-bond donors (Lipinski definition) is 2. The smallest absolute Gasteiger partial charge is 0.258 e. The van der Waals surface area contributed by atoms with Gasteiger partial charge in [-0.3, -0.25) is 4.79 Å². The van der Waals surface area contributed by atoms with E-state index in [0.29, 0.717) is 28.8 Å². The number of aryl methyl sites for hydroxylation is 1. The van der Waals surface area contributed by atoms with Crippen LogP contribution >= 0.6 is 11.6 Å². The molecule has 2 aromatic carbocycles. The summed E-state index contributed by atoms with van der Waals surface area (Å²) in [5.74, 6) is 0.941. The normalized spacial score (nSPS) is 10.3. The molecule has 0 aliphatic rings. The quantitative estimate of drug-likeness (QED) is 0.664. The fourth-order valence-electron chi connectivity index (χ4n) is 2.52. The molecule has 0 spiro atoms. The van der Waals surface area contributed by atoms with Gasteiger partial charge in [0.05, 0.1) is 12.7 Å². The summed E-state index contributed by atoms with van der Waals surface area (Å²) in [6.07, 6.45) is 2.97. The van der Waals surface area contributed by atoms with E-state index in [4.69, 9.17) is 16.3 Å². The van der Waals surface area contributed by atoms with Crippen LogP contribution in [0.5, 0.6) is 5.75 Å². The van der Waals surface area contributed by atoms with Crippen LogP contribution in [-0.2, 0) is 6.54 Å². The van der Waals surface area contributed by atoms with E-state index in [1.165, 1.54) is 12.4 Å². The molecule has 0 bridgehead atoms. The van der Waals surface area contributed by atoms with Gasteiger partial charge in [0.15, 0.2) is 0 Å². The van der Waals surface area contributed by atoms with Gasteiger partial charge in [0.2, 0.25) is 5.95 Å². The van der Waals surface area contributed by atoms with Crippen molar-refractivity contribution in [2.24, 2.45) is 0 Å². The second kappa shape index (κ2) is 8.51. The minimum absolute atomic E-state index is 0.281. The van der Waals surface area contributed by atoms with E-state index < -0.39 is 0 Å². The van der Waals surface area contributed by atoms with Gasteiger partial charge in [-0.25, -0.2) is 9.97 Å². The largest absolute Gasteiger partial charge is 0.496 e. The molecular weight excluding hydrogens is 364 g/mol. The fourth-order valence-corrected chi connectivity index (χ4v) is 2.75. The zero-order valence-electron chi connectivity index (χ0n) is 15.0. The molecule has 0 aliphatic heterocycles. The Morgan fingerprint density at radius 3 is 2.59 bits per heavy atom. The number of aromatic nitrogens is 2. The van der Waals surface area contributed by atoms with Crippen molar-refractivity contribution in [1.82, 2.24) is 9.97 Å². The number of anilines is 2. The zero-order valence-corrected chi connectivity index (χ0v) is 15.7. The monoisotopic (exact) mass is 382 g/mol. The molecule has 2 N–H and O–H groups in total. The molecule has 3 rings (SSSR count). The number of halogens is 1. The summed E-state index contributed by atoms with van der Waals surface area (Å²) in [4.78, 5) is 20.8. The van der Waals surface area contributed by atoms with Crippen LogP contribution in [-0.4, -0.2) is 23.0 Å². The van der Waals surface area contributed by atoms with E-state index in [2.05, 4.69) is 20.6 Å². The molecule has 1 amide bonds. The highest BCUT2D eigenvalue weighted by molar-refractivity contribution is 6.30. The summed E-state index contributed by atoms with van der Waals surface area (Å²) in [5.41, 5.74) is 2.94. The van der Waals surface area contributed by atoms with Crippen LogP contribution in [0.25, 0.3) is 0 Å². The van der Waals surface area contributed by atoms with Gasteiger partial charge in [0.1, 0.15) is 5.75 Å². The molecule has 3 aromatic rings. The first-order chi connectivity index (χ1) is 13.1. The van der Waals surface area contributed by atoms with Gasteiger partial charge in [-0.1, -0.05) is 29.8 Å². The van der Waals surface area contributed by atoms with Crippen molar-refractivity contribution in [1.29, 1.82) is 0 Å². The van der Waals surface area contributed by atoms with Gasteiger partial charge in [-0.05, 0) is 36.8 Å². The first-order valence-electron chi connectivity index (χ1n) is 8.32. The Kier molecular flexibility index (Phi) is 5.88. The second-order valence-corrected chi connectivity index (χ2v) is 6.31. The second-order valence-electron chi connectivity index (χ2n) is 5.87. The maximum absolute atomic E-state index is 12.4. The average molecular weight is 383 g/mol. The van der Waals surface area contributed by atoms with Crippen molar-refractivity contribution >= 4 is 29.1 Å².